The summed E-state index contributed by atoms with van der Waals surface area (Å²) in [6.45, 7) is 6.96. The average molecular weight is 492 g/mol. The van der Waals surface area contributed by atoms with Crippen molar-refractivity contribution < 1.29 is 13.6 Å². The van der Waals surface area contributed by atoms with Gasteiger partial charge in [-0.2, -0.15) is 10.2 Å². The predicted molar refractivity (Wildman–Crippen MR) is 134 cm³/mol. The fraction of sp³-hybridized carbons (Fsp3) is 0.346. The van der Waals surface area contributed by atoms with Crippen molar-refractivity contribution in [2.45, 2.75) is 33.2 Å². The molecule has 4 heterocycles. The number of nitrogens with one attached hydrogen (secondary N) is 1. The lowest BCUT2D eigenvalue weighted by Crippen LogP contribution is -2.35. The second kappa shape index (κ2) is 8.12. The Labute approximate surface area is 207 Å². The van der Waals surface area contributed by atoms with Gasteiger partial charge in [-0.3, -0.25) is 14.5 Å². The Morgan fingerprint density at radius 3 is 2.53 bits per heavy atom. The number of rotatable bonds is 3. The van der Waals surface area contributed by atoms with Crippen LogP contribution < -0.4 is 15.1 Å². The number of aromatic nitrogens is 4. The molecule has 2 aliphatic heterocycles. The summed E-state index contributed by atoms with van der Waals surface area (Å²) in [7, 11) is 1.75. The Morgan fingerprint density at radius 1 is 1.06 bits per heavy atom. The van der Waals surface area contributed by atoms with Crippen LogP contribution in [-0.4, -0.2) is 45.2 Å². The van der Waals surface area contributed by atoms with E-state index in [1.165, 1.54) is 11.1 Å². The Kier molecular flexibility index (Phi) is 5.11. The minimum absolute atomic E-state index is 0.0227. The minimum Gasteiger partial charge on any atom is -0.310 e. The summed E-state index contributed by atoms with van der Waals surface area (Å²) in [6.07, 6.45) is 2.20. The number of fused-ring (bicyclic) bond motifs is 2. The van der Waals surface area contributed by atoms with Crippen molar-refractivity contribution in [3.05, 3.63) is 64.5 Å². The van der Waals surface area contributed by atoms with Gasteiger partial charge in [-0.1, -0.05) is 0 Å². The average Bonchev–Trinajstić information content (AvgIpc) is 3.53. The maximum absolute atomic E-state index is 15.5. The van der Waals surface area contributed by atoms with Gasteiger partial charge < -0.3 is 5.32 Å². The number of amides is 2. The van der Waals surface area contributed by atoms with E-state index in [1.807, 2.05) is 6.92 Å². The molecule has 4 aromatic rings. The lowest BCUT2D eigenvalue weighted by atomic mass is 10.0. The van der Waals surface area contributed by atoms with Crippen LogP contribution >= 0.6 is 0 Å². The quantitative estimate of drug-likeness (QED) is 0.464. The van der Waals surface area contributed by atoms with E-state index in [4.69, 9.17) is 5.10 Å². The lowest BCUT2D eigenvalue weighted by Gasteiger charge is -2.25. The van der Waals surface area contributed by atoms with E-state index in [0.717, 1.165) is 24.2 Å². The summed E-state index contributed by atoms with van der Waals surface area (Å²) in [4.78, 5) is 16.9. The van der Waals surface area contributed by atoms with Gasteiger partial charge in [0.2, 0.25) is 0 Å². The molecule has 0 spiro atoms. The van der Waals surface area contributed by atoms with Gasteiger partial charge >= 0.3 is 6.03 Å². The molecule has 2 amide bonds. The zero-order valence-corrected chi connectivity index (χ0v) is 20.6. The van der Waals surface area contributed by atoms with Crippen molar-refractivity contribution in [2.75, 3.05) is 29.4 Å². The van der Waals surface area contributed by atoms with Crippen molar-refractivity contribution in [3.8, 4) is 5.69 Å². The van der Waals surface area contributed by atoms with Crippen molar-refractivity contribution in [1.29, 1.82) is 0 Å². The molecule has 6 rings (SSSR count). The van der Waals surface area contributed by atoms with Crippen LogP contribution in [0.2, 0.25) is 0 Å². The fourth-order valence-electron chi connectivity index (χ4n) is 5.44. The van der Waals surface area contributed by atoms with Crippen LogP contribution in [0.15, 0.2) is 30.5 Å². The van der Waals surface area contributed by atoms with Crippen molar-refractivity contribution >= 4 is 28.4 Å². The maximum Gasteiger partial charge on any atom is 0.330 e. The molecule has 1 fully saturated rings. The lowest BCUT2D eigenvalue weighted by molar-refractivity contribution is 0.255. The van der Waals surface area contributed by atoms with Gasteiger partial charge in [0.15, 0.2) is 5.82 Å². The number of benzene rings is 2. The number of hydrogen-bond acceptors (Lipinski definition) is 4. The first-order valence-corrected chi connectivity index (χ1v) is 12.1. The number of hydrogen-bond donors (Lipinski definition) is 1. The summed E-state index contributed by atoms with van der Waals surface area (Å²) in [5.74, 6) is -0.0754. The van der Waals surface area contributed by atoms with Crippen LogP contribution in [0, 0.1) is 25.5 Å². The van der Waals surface area contributed by atoms with Crippen LogP contribution in [0.5, 0.6) is 0 Å². The Balaban J connectivity index is 1.47. The van der Waals surface area contributed by atoms with Gasteiger partial charge in [0, 0.05) is 44.7 Å². The molecule has 0 bridgehead atoms. The monoisotopic (exact) mass is 491 g/mol. The van der Waals surface area contributed by atoms with Crippen molar-refractivity contribution in [2.24, 2.45) is 7.05 Å². The Bertz CT molecular complexity index is 1520. The molecule has 0 unspecified atom stereocenters. The maximum atomic E-state index is 15.5. The van der Waals surface area contributed by atoms with Gasteiger partial charge in [0.05, 0.1) is 34.2 Å². The molecular formula is C26H27F2N7O. The van der Waals surface area contributed by atoms with E-state index < -0.39 is 5.82 Å². The molecule has 2 aliphatic rings. The first-order valence-electron chi connectivity index (χ1n) is 12.1. The highest BCUT2D eigenvalue weighted by Crippen LogP contribution is 2.38. The van der Waals surface area contributed by atoms with Crippen LogP contribution in [0.1, 0.15) is 35.3 Å². The standard InChI is InChI=1S/C26H27F2N7O/c1-14-11-17(12-15(2)23(14)27)35-25(22-16(3)29-8-7-19(22)31-35)34-10-9-33(26(34)36)21-6-5-20-18(24(21)28)13-30-32(20)4/h5-6,11-13,16,29H,7-10H2,1-4H3/t16-/m0/s1. The summed E-state index contributed by atoms with van der Waals surface area (Å²) in [6, 6.07) is 6.55. The summed E-state index contributed by atoms with van der Waals surface area (Å²) in [5.41, 5.74) is 4.45. The van der Waals surface area contributed by atoms with Crippen LogP contribution in [0.25, 0.3) is 16.6 Å². The van der Waals surface area contributed by atoms with Crippen molar-refractivity contribution in [3.63, 3.8) is 0 Å². The third kappa shape index (κ3) is 3.24. The molecule has 2 aromatic carbocycles. The number of carbonyl (C=O) groups is 1. The van der Waals surface area contributed by atoms with E-state index in [-0.39, 0.29) is 23.6 Å². The Hall–Kier alpha value is -3.79. The van der Waals surface area contributed by atoms with E-state index in [9.17, 15) is 9.18 Å². The van der Waals surface area contributed by atoms with Gasteiger partial charge in [-0.05, 0) is 56.2 Å². The Morgan fingerprint density at radius 2 is 1.78 bits per heavy atom. The predicted octanol–water partition coefficient (Wildman–Crippen LogP) is 4.31. The number of urea groups is 1. The number of halogens is 2. The molecule has 1 N–H and O–H groups in total. The van der Waals surface area contributed by atoms with E-state index in [0.29, 0.717) is 46.6 Å². The highest BCUT2D eigenvalue weighted by atomic mass is 19.1. The third-order valence-electron chi connectivity index (χ3n) is 7.28. The number of aryl methyl sites for hydroxylation is 3. The first kappa shape index (κ1) is 22.7. The van der Waals surface area contributed by atoms with E-state index in [1.54, 1.807) is 59.4 Å². The normalized spacial score (nSPS) is 17.9. The number of nitrogens with zero attached hydrogens (tertiary/aromatic N) is 6. The molecule has 1 atom stereocenters. The summed E-state index contributed by atoms with van der Waals surface area (Å²) in [5, 5.41) is 12.8. The molecule has 2 aromatic heterocycles. The molecule has 8 nitrogen and oxygen atoms in total. The van der Waals surface area contributed by atoms with Gasteiger partial charge in [0.25, 0.3) is 0 Å². The highest BCUT2D eigenvalue weighted by molar-refractivity contribution is 6.07. The van der Waals surface area contributed by atoms with Gasteiger partial charge in [0.1, 0.15) is 11.6 Å². The third-order valence-corrected chi connectivity index (χ3v) is 7.28. The number of anilines is 2. The number of carbonyl (C=O) groups excluding carboxylic acids is 1. The minimum atomic E-state index is -0.467. The van der Waals surface area contributed by atoms with Gasteiger partial charge in [-0.15, -0.1) is 0 Å². The molecule has 36 heavy (non-hydrogen) atoms. The molecule has 10 heteroatoms. The zero-order valence-electron chi connectivity index (χ0n) is 20.6. The second-order valence-electron chi connectivity index (χ2n) is 9.60. The smallest absolute Gasteiger partial charge is 0.310 e. The van der Waals surface area contributed by atoms with Crippen LogP contribution in [-0.2, 0) is 13.5 Å². The van der Waals surface area contributed by atoms with Crippen LogP contribution in [0.3, 0.4) is 0 Å². The molecule has 0 radical (unpaired) electrons. The summed E-state index contributed by atoms with van der Waals surface area (Å²) < 4.78 is 33.2. The molecule has 1 saturated heterocycles. The van der Waals surface area contributed by atoms with Crippen molar-refractivity contribution in [1.82, 2.24) is 24.9 Å². The highest BCUT2D eigenvalue weighted by Gasteiger charge is 2.39. The second-order valence-corrected chi connectivity index (χ2v) is 9.60. The largest absolute Gasteiger partial charge is 0.330 e. The molecule has 0 aliphatic carbocycles. The SMILES string of the molecule is Cc1cc(-n2nc3c(c2N2CCN(c4ccc5c(cnn5C)c4F)C2=O)[C@H](C)NCC3)cc(C)c1F. The molecule has 0 saturated carbocycles. The van der Waals surface area contributed by atoms with Crippen LogP contribution in [0.4, 0.5) is 25.1 Å². The van der Waals surface area contributed by atoms with E-state index >= 15 is 4.39 Å². The summed E-state index contributed by atoms with van der Waals surface area (Å²) >= 11 is 0. The first-order chi connectivity index (χ1) is 17.3. The zero-order chi connectivity index (χ0) is 25.3. The van der Waals surface area contributed by atoms with E-state index in [2.05, 4.69) is 10.4 Å². The molecular weight excluding hydrogens is 464 g/mol. The molecule has 186 valence electrons. The van der Waals surface area contributed by atoms with Gasteiger partial charge in [-0.25, -0.2) is 18.3 Å². The fourth-order valence-corrected chi connectivity index (χ4v) is 5.44. The topological polar surface area (TPSA) is 71.2 Å².